The Labute approximate surface area is 163 Å². The van der Waals surface area contributed by atoms with E-state index in [9.17, 15) is 14.7 Å². The molecule has 0 radical (unpaired) electrons. The highest BCUT2D eigenvalue weighted by atomic mass is 16.5. The van der Waals surface area contributed by atoms with E-state index >= 15 is 0 Å². The molecule has 4 rings (SSSR count). The Hall–Kier alpha value is -2.77. The van der Waals surface area contributed by atoms with Gasteiger partial charge in [-0.3, -0.25) is 9.59 Å². The summed E-state index contributed by atoms with van der Waals surface area (Å²) in [5.74, 6) is 0.0665. The lowest BCUT2D eigenvalue weighted by Gasteiger charge is -2.15. The number of aromatic nitrogens is 1. The highest BCUT2D eigenvalue weighted by Gasteiger charge is 2.54. The van der Waals surface area contributed by atoms with Crippen LogP contribution in [0.1, 0.15) is 43.8 Å². The maximum absolute atomic E-state index is 12.8. The number of aliphatic hydroxyl groups excluding tert-OH is 1. The smallest absolute Gasteiger partial charge is 0.269 e. The van der Waals surface area contributed by atoms with Crippen molar-refractivity contribution in [2.24, 2.45) is 11.8 Å². The summed E-state index contributed by atoms with van der Waals surface area (Å²) >= 11 is 0. The lowest BCUT2D eigenvalue weighted by molar-refractivity contribution is 0.0928. The van der Waals surface area contributed by atoms with E-state index in [1.165, 1.54) is 13.1 Å². The molecule has 7 nitrogen and oxygen atoms in total. The molecule has 3 N–H and O–H groups in total. The quantitative estimate of drug-likeness (QED) is 0.723. The summed E-state index contributed by atoms with van der Waals surface area (Å²) in [4.78, 5) is 29.2. The third-order valence-electron chi connectivity index (χ3n) is 5.46. The van der Waals surface area contributed by atoms with Gasteiger partial charge in [0.25, 0.3) is 11.8 Å². The fraction of sp³-hybridized carbons (Fsp3) is 0.381. The molecule has 1 aromatic carbocycles. The molecule has 1 saturated heterocycles. The molecule has 0 bridgehead atoms. The number of fused-ring (bicyclic) bond motifs is 1. The summed E-state index contributed by atoms with van der Waals surface area (Å²) in [6.07, 6.45) is -1.04. The van der Waals surface area contributed by atoms with Gasteiger partial charge in [0.15, 0.2) is 0 Å². The number of benzene rings is 1. The van der Waals surface area contributed by atoms with Crippen molar-refractivity contribution < 1.29 is 19.4 Å². The van der Waals surface area contributed by atoms with Gasteiger partial charge in [-0.15, -0.1) is 0 Å². The van der Waals surface area contributed by atoms with Crippen molar-refractivity contribution >= 4 is 11.8 Å². The van der Waals surface area contributed by atoms with Gasteiger partial charge in [0.2, 0.25) is 0 Å². The fourth-order valence-corrected chi connectivity index (χ4v) is 3.77. The first-order chi connectivity index (χ1) is 13.5. The molecule has 4 atom stereocenters. The van der Waals surface area contributed by atoms with Gasteiger partial charge >= 0.3 is 0 Å². The fourth-order valence-electron chi connectivity index (χ4n) is 3.77. The van der Waals surface area contributed by atoms with Gasteiger partial charge in [-0.1, -0.05) is 29.8 Å². The lowest BCUT2D eigenvalue weighted by Crippen LogP contribution is -2.31. The van der Waals surface area contributed by atoms with Crippen LogP contribution in [0.15, 0.2) is 36.4 Å². The zero-order valence-corrected chi connectivity index (χ0v) is 15.8. The summed E-state index contributed by atoms with van der Waals surface area (Å²) in [7, 11) is 1.50. The van der Waals surface area contributed by atoms with Gasteiger partial charge in [-0.05, 0) is 24.6 Å². The summed E-state index contributed by atoms with van der Waals surface area (Å²) in [5.41, 5.74) is 2.31. The molecule has 2 aliphatic rings. The second kappa shape index (κ2) is 7.33. The number of hydrogen-bond donors (Lipinski definition) is 3. The van der Waals surface area contributed by atoms with Crippen LogP contribution in [0.3, 0.4) is 0 Å². The molecular formula is C21H23N3O4. The summed E-state index contributed by atoms with van der Waals surface area (Å²) in [6, 6.07) is 10.5. The number of nitrogens with zero attached hydrogens (tertiary/aromatic N) is 1. The molecular weight excluding hydrogens is 358 g/mol. The zero-order valence-electron chi connectivity index (χ0n) is 15.8. The van der Waals surface area contributed by atoms with Gasteiger partial charge < -0.3 is 20.5 Å². The zero-order chi connectivity index (χ0) is 19.8. The number of nitrogens with one attached hydrogen (secondary N) is 2. The van der Waals surface area contributed by atoms with Crippen LogP contribution in [-0.2, 0) is 4.74 Å². The van der Waals surface area contributed by atoms with Gasteiger partial charge in [0, 0.05) is 30.5 Å². The Kier molecular flexibility index (Phi) is 4.87. The third kappa shape index (κ3) is 3.50. The first-order valence-corrected chi connectivity index (χ1v) is 9.35. The molecule has 2 aromatic rings. The monoisotopic (exact) mass is 381 g/mol. The molecule has 1 aromatic heterocycles. The van der Waals surface area contributed by atoms with Gasteiger partial charge in [0.05, 0.1) is 18.9 Å². The molecule has 2 amide bonds. The topological polar surface area (TPSA) is 101 Å². The maximum atomic E-state index is 12.8. The second-order valence-corrected chi connectivity index (χ2v) is 7.43. The average molecular weight is 381 g/mol. The molecule has 146 valence electrons. The van der Waals surface area contributed by atoms with Crippen LogP contribution in [0.4, 0.5) is 0 Å². The van der Waals surface area contributed by atoms with Crippen LogP contribution in [-0.4, -0.2) is 48.2 Å². The van der Waals surface area contributed by atoms with Crippen LogP contribution in [0.2, 0.25) is 0 Å². The van der Waals surface area contributed by atoms with E-state index in [0.29, 0.717) is 36.2 Å². The number of aliphatic hydroxyl groups is 1. The lowest BCUT2D eigenvalue weighted by atomic mass is 10.0. The number of amides is 2. The molecule has 1 aliphatic heterocycles. The Balaban J connectivity index is 1.63. The minimum Gasteiger partial charge on any atom is -0.382 e. The van der Waals surface area contributed by atoms with Crippen molar-refractivity contribution in [2.75, 3.05) is 20.3 Å². The van der Waals surface area contributed by atoms with Crippen molar-refractivity contribution in [3.05, 3.63) is 64.5 Å². The Morgan fingerprint density at radius 1 is 1.18 bits per heavy atom. The third-order valence-corrected chi connectivity index (χ3v) is 5.46. The number of carbonyl (C=O) groups excluding carboxylic acids is 2. The van der Waals surface area contributed by atoms with Gasteiger partial charge in [0.1, 0.15) is 11.8 Å². The predicted molar refractivity (Wildman–Crippen MR) is 102 cm³/mol. The minimum atomic E-state index is -1.04. The van der Waals surface area contributed by atoms with Crippen molar-refractivity contribution in [2.45, 2.75) is 19.1 Å². The van der Waals surface area contributed by atoms with Crippen LogP contribution in [0, 0.1) is 18.8 Å². The van der Waals surface area contributed by atoms with Crippen LogP contribution < -0.4 is 10.6 Å². The molecule has 7 heteroatoms. The molecule has 28 heavy (non-hydrogen) atoms. The second-order valence-electron chi connectivity index (χ2n) is 7.43. The van der Waals surface area contributed by atoms with Crippen molar-refractivity contribution in [3.63, 3.8) is 0 Å². The number of pyridine rings is 1. The predicted octanol–water partition coefficient (Wildman–Crippen LogP) is 1.21. The largest absolute Gasteiger partial charge is 0.382 e. The number of ether oxygens (including phenoxy) is 1. The van der Waals surface area contributed by atoms with E-state index in [1.807, 2.05) is 25.1 Å². The number of carbonyl (C=O) groups is 2. The SMILES string of the molecule is CNC(=O)c1cc(C(=O)NC2[C@H]3COC[C@@H]23)cc([C@H](O)c2cccc(C)c2)n1. The van der Waals surface area contributed by atoms with Gasteiger partial charge in [-0.25, -0.2) is 4.98 Å². The average Bonchev–Trinajstić information content (AvgIpc) is 3.12. The van der Waals surface area contributed by atoms with Crippen molar-refractivity contribution in [1.29, 1.82) is 0 Å². The maximum Gasteiger partial charge on any atom is 0.269 e. The van der Waals surface area contributed by atoms with E-state index in [2.05, 4.69) is 15.6 Å². The van der Waals surface area contributed by atoms with E-state index in [-0.39, 0.29) is 23.3 Å². The van der Waals surface area contributed by atoms with Crippen LogP contribution in [0.5, 0.6) is 0 Å². The Morgan fingerprint density at radius 2 is 1.93 bits per heavy atom. The first-order valence-electron chi connectivity index (χ1n) is 9.35. The molecule has 0 spiro atoms. The number of hydrogen-bond acceptors (Lipinski definition) is 5. The highest BCUT2D eigenvalue weighted by molar-refractivity contribution is 5.99. The molecule has 2 fully saturated rings. The standard InChI is InChI=1S/C21H23N3O4/c1-11-4-3-5-12(6-11)19(25)16-7-13(8-17(23-16)21(27)22-2)20(26)24-18-14-9-28-10-15(14)18/h3-8,14-15,18-19,25H,9-10H2,1-2H3,(H,22,27)(H,24,26)/t14-,15+,18?,19-/m1/s1. The van der Waals surface area contributed by atoms with Crippen LogP contribution in [0.25, 0.3) is 0 Å². The highest BCUT2D eigenvalue weighted by Crippen LogP contribution is 2.44. The molecule has 1 unspecified atom stereocenters. The summed E-state index contributed by atoms with van der Waals surface area (Å²) in [5, 5.41) is 16.3. The van der Waals surface area contributed by atoms with Crippen molar-refractivity contribution in [3.8, 4) is 0 Å². The summed E-state index contributed by atoms with van der Waals surface area (Å²) in [6.45, 7) is 3.28. The normalized spacial score (nSPS) is 23.6. The number of aryl methyl sites for hydroxylation is 1. The Bertz CT molecular complexity index is 920. The number of rotatable bonds is 5. The van der Waals surface area contributed by atoms with Gasteiger partial charge in [-0.2, -0.15) is 0 Å². The molecule has 1 saturated carbocycles. The van der Waals surface area contributed by atoms with E-state index in [0.717, 1.165) is 5.56 Å². The molecule has 1 aliphatic carbocycles. The van der Waals surface area contributed by atoms with E-state index in [1.54, 1.807) is 12.1 Å². The van der Waals surface area contributed by atoms with E-state index < -0.39 is 12.0 Å². The van der Waals surface area contributed by atoms with Crippen LogP contribution >= 0.6 is 0 Å². The van der Waals surface area contributed by atoms with E-state index in [4.69, 9.17) is 4.74 Å². The molecule has 2 heterocycles. The Morgan fingerprint density at radius 3 is 2.61 bits per heavy atom. The summed E-state index contributed by atoms with van der Waals surface area (Å²) < 4.78 is 5.35. The van der Waals surface area contributed by atoms with Crippen molar-refractivity contribution in [1.82, 2.24) is 15.6 Å². The first kappa shape index (κ1) is 18.6. The minimum absolute atomic E-state index is 0.0937.